The van der Waals surface area contributed by atoms with Crippen LogP contribution >= 0.6 is 0 Å². The zero-order chi connectivity index (χ0) is 14.8. The second-order valence-corrected chi connectivity index (χ2v) is 4.74. The molecule has 0 aliphatic carbocycles. The number of halogens is 3. The van der Waals surface area contributed by atoms with E-state index in [1.54, 1.807) is 6.92 Å². The highest BCUT2D eigenvalue weighted by Gasteiger charge is 2.36. The summed E-state index contributed by atoms with van der Waals surface area (Å²) < 4.78 is 50.1. The van der Waals surface area contributed by atoms with Gasteiger partial charge in [0.05, 0.1) is 18.8 Å². The fourth-order valence-corrected chi connectivity index (χ4v) is 2.15. The number of carbonyl (C=O) groups is 1. The first kappa shape index (κ1) is 14.7. The van der Waals surface area contributed by atoms with Crippen molar-refractivity contribution < 1.29 is 27.4 Å². The van der Waals surface area contributed by atoms with E-state index in [2.05, 4.69) is 0 Å². The van der Waals surface area contributed by atoms with Crippen molar-refractivity contribution in [3.63, 3.8) is 0 Å². The summed E-state index contributed by atoms with van der Waals surface area (Å²) >= 11 is 0. The molecule has 2 rings (SSSR count). The van der Waals surface area contributed by atoms with Gasteiger partial charge in [-0.25, -0.2) is 0 Å². The summed E-state index contributed by atoms with van der Waals surface area (Å²) in [6, 6.07) is 2.31. The second-order valence-electron chi connectivity index (χ2n) is 4.74. The molecule has 0 amide bonds. The Morgan fingerprint density at radius 3 is 2.40 bits per heavy atom. The molecule has 110 valence electrons. The lowest BCUT2D eigenvalue weighted by atomic mass is 9.92. The molecule has 1 heterocycles. The van der Waals surface area contributed by atoms with E-state index in [1.165, 1.54) is 6.07 Å². The predicted molar refractivity (Wildman–Crippen MR) is 66.1 cm³/mol. The normalized spacial score (nSPS) is 16.4. The van der Waals surface area contributed by atoms with Crippen molar-refractivity contribution in [3.05, 3.63) is 23.3 Å². The van der Waals surface area contributed by atoms with E-state index < -0.39 is 17.7 Å². The van der Waals surface area contributed by atoms with E-state index in [0.717, 1.165) is 6.07 Å². The molecule has 0 spiro atoms. The van der Waals surface area contributed by atoms with Gasteiger partial charge in [0.1, 0.15) is 6.29 Å². The first-order chi connectivity index (χ1) is 9.43. The van der Waals surface area contributed by atoms with Crippen LogP contribution in [-0.4, -0.2) is 19.5 Å². The minimum Gasteiger partial charge on any atom is -0.490 e. The van der Waals surface area contributed by atoms with Crippen molar-refractivity contribution in [1.82, 2.24) is 0 Å². The summed E-state index contributed by atoms with van der Waals surface area (Å²) in [5.74, 6) is -0.110. The van der Waals surface area contributed by atoms with Crippen LogP contribution in [0.5, 0.6) is 11.5 Å². The Morgan fingerprint density at radius 1 is 1.25 bits per heavy atom. The van der Waals surface area contributed by atoms with E-state index in [-0.39, 0.29) is 17.7 Å². The highest BCUT2D eigenvalue weighted by molar-refractivity contribution is 5.55. The van der Waals surface area contributed by atoms with E-state index in [1.807, 2.05) is 0 Å². The number of aldehydes is 1. The van der Waals surface area contributed by atoms with Gasteiger partial charge in [0, 0.05) is 12.8 Å². The van der Waals surface area contributed by atoms with E-state index in [9.17, 15) is 18.0 Å². The zero-order valence-electron chi connectivity index (χ0n) is 11.0. The third-order valence-corrected chi connectivity index (χ3v) is 3.21. The number of fused-ring (bicyclic) bond motifs is 1. The smallest absolute Gasteiger partial charge is 0.416 e. The van der Waals surface area contributed by atoms with Gasteiger partial charge >= 0.3 is 6.18 Å². The maximum atomic E-state index is 13.1. The van der Waals surface area contributed by atoms with Crippen molar-refractivity contribution in [2.24, 2.45) is 0 Å². The van der Waals surface area contributed by atoms with E-state index in [0.29, 0.717) is 31.7 Å². The Labute approximate surface area is 114 Å². The number of alkyl halides is 3. The maximum absolute atomic E-state index is 13.1. The quantitative estimate of drug-likeness (QED) is 0.798. The van der Waals surface area contributed by atoms with Gasteiger partial charge in [-0.05, 0) is 23.6 Å². The molecule has 1 aliphatic rings. The molecule has 1 aromatic rings. The average Bonchev–Trinajstić information content (AvgIpc) is 2.60. The Hall–Kier alpha value is -1.72. The summed E-state index contributed by atoms with van der Waals surface area (Å²) in [6.45, 7) is 2.32. The number of hydrogen-bond acceptors (Lipinski definition) is 3. The molecular weight excluding hydrogens is 273 g/mol. The zero-order valence-corrected chi connectivity index (χ0v) is 11.0. The largest absolute Gasteiger partial charge is 0.490 e. The van der Waals surface area contributed by atoms with Crippen molar-refractivity contribution in [2.45, 2.75) is 31.9 Å². The number of benzene rings is 1. The third-order valence-electron chi connectivity index (χ3n) is 3.21. The molecular formula is C14H15F3O3. The third kappa shape index (κ3) is 3.05. The number of ether oxygens (including phenoxy) is 2. The average molecular weight is 288 g/mol. The predicted octanol–water partition coefficient (Wildman–Crippen LogP) is 3.56. The molecule has 0 aromatic heterocycles. The highest BCUT2D eigenvalue weighted by Crippen LogP contribution is 2.42. The molecule has 0 saturated carbocycles. The summed E-state index contributed by atoms with van der Waals surface area (Å²) in [6.07, 6.45) is -3.22. The van der Waals surface area contributed by atoms with Gasteiger partial charge in [-0.2, -0.15) is 13.2 Å². The molecule has 0 N–H and O–H groups in total. The minimum atomic E-state index is -4.49. The summed E-state index contributed by atoms with van der Waals surface area (Å²) in [7, 11) is 0. The van der Waals surface area contributed by atoms with Crippen molar-refractivity contribution in [3.8, 4) is 11.5 Å². The number of hydrogen-bond donors (Lipinski definition) is 0. The Balaban J connectivity index is 2.52. The first-order valence-electron chi connectivity index (χ1n) is 6.38. The monoisotopic (exact) mass is 288 g/mol. The van der Waals surface area contributed by atoms with Gasteiger partial charge < -0.3 is 14.3 Å². The van der Waals surface area contributed by atoms with Crippen LogP contribution in [0.15, 0.2) is 12.1 Å². The molecule has 1 aromatic carbocycles. The van der Waals surface area contributed by atoms with Gasteiger partial charge in [0.15, 0.2) is 11.5 Å². The Morgan fingerprint density at radius 2 is 1.85 bits per heavy atom. The van der Waals surface area contributed by atoms with Crippen molar-refractivity contribution >= 4 is 6.29 Å². The maximum Gasteiger partial charge on any atom is 0.416 e. The lowest BCUT2D eigenvalue weighted by Crippen LogP contribution is -2.12. The van der Waals surface area contributed by atoms with Crippen LogP contribution in [-0.2, 0) is 11.0 Å². The SMILES string of the molecule is CC(CC=O)c1cc2c(cc1C(F)(F)F)OCCCO2. The number of carbonyl (C=O) groups excluding carboxylic acids is 1. The lowest BCUT2D eigenvalue weighted by Gasteiger charge is -2.19. The highest BCUT2D eigenvalue weighted by atomic mass is 19.4. The molecule has 0 saturated heterocycles. The molecule has 6 heteroatoms. The molecule has 1 unspecified atom stereocenters. The topological polar surface area (TPSA) is 35.5 Å². The van der Waals surface area contributed by atoms with Crippen LogP contribution in [0.3, 0.4) is 0 Å². The van der Waals surface area contributed by atoms with Crippen LogP contribution in [0.1, 0.15) is 36.8 Å². The molecule has 0 bridgehead atoms. The first-order valence-corrected chi connectivity index (χ1v) is 6.38. The fourth-order valence-electron chi connectivity index (χ4n) is 2.15. The second kappa shape index (κ2) is 5.73. The fraction of sp³-hybridized carbons (Fsp3) is 0.500. The van der Waals surface area contributed by atoms with Crippen LogP contribution < -0.4 is 9.47 Å². The Bertz CT molecular complexity index is 497. The van der Waals surface area contributed by atoms with Gasteiger partial charge in [0.25, 0.3) is 0 Å². The van der Waals surface area contributed by atoms with Crippen LogP contribution in [0, 0.1) is 0 Å². The van der Waals surface area contributed by atoms with Gasteiger partial charge in [-0.3, -0.25) is 0 Å². The van der Waals surface area contributed by atoms with E-state index in [4.69, 9.17) is 9.47 Å². The van der Waals surface area contributed by atoms with Crippen LogP contribution in [0.2, 0.25) is 0 Å². The molecule has 0 fully saturated rings. The molecule has 1 atom stereocenters. The Kier molecular flexibility index (Phi) is 4.20. The van der Waals surface area contributed by atoms with Gasteiger partial charge in [-0.15, -0.1) is 0 Å². The minimum absolute atomic E-state index is 0.0305. The molecule has 20 heavy (non-hydrogen) atoms. The van der Waals surface area contributed by atoms with Gasteiger partial charge in [-0.1, -0.05) is 6.92 Å². The van der Waals surface area contributed by atoms with Crippen molar-refractivity contribution in [2.75, 3.05) is 13.2 Å². The van der Waals surface area contributed by atoms with Crippen molar-refractivity contribution in [1.29, 1.82) is 0 Å². The van der Waals surface area contributed by atoms with E-state index >= 15 is 0 Å². The molecule has 0 radical (unpaired) electrons. The molecule has 3 nitrogen and oxygen atoms in total. The summed E-state index contributed by atoms with van der Waals surface area (Å²) in [4.78, 5) is 10.6. The standard InChI is InChI=1S/C14H15F3O3/c1-9(3-4-18)10-7-12-13(20-6-2-5-19-12)8-11(10)14(15,16)17/h4,7-9H,2-3,5-6H2,1H3. The summed E-state index contributed by atoms with van der Waals surface area (Å²) in [5.41, 5.74) is -0.704. The lowest BCUT2D eigenvalue weighted by molar-refractivity contribution is -0.138. The number of rotatable bonds is 3. The van der Waals surface area contributed by atoms with Crippen LogP contribution in [0.4, 0.5) is 13.2 Å². The van der Waals surface area contributed by atoms with Crippen LogP contribution in [0.25, 0.3) is 0 Å². The summed E-state index contributed by atoms with van der Waals surface area (Å²) in [5, 5.41) is 0. The molecule has 1 aliphatic heterocycles. The van der Waals surface area contributed by atoms with Gasteiger partial charge in [0.2, 0.25) is 0 Å².